The first-order valence-electron chi connectivity index (χ1n) is 9.72. The Morgan fingerprint density at radius 1 is 1.15 bits per heavy atom. The molecule has 3 heterocycles. The molecule has 3 aliphatic rings. The molecule has 0 spiro atoms. The van der Waals surface area contributed by atoms with E-state index in [0.717, 1.165) is 67.3 Å². The van der Waals surface area contributed by atoms with Crippen molar-refractivity contribution in [1.29, 1.82) is 0 Å². The summed E-state index contributed by atoms with van der Waals surface area (Å²) in [6.45, 7) is 4.47. The third-order valence-electron chi connectivity index (χ3n) is 5.75. The molecule has 6 heteroatoms. The van der Waals surface area contributed by atoms with Crippen LogP contribution in [0, 0.1) is 0 Å². The number of nitrogens with zero attached hydrogens (tertiary/aromatic N) is 4. The fraction of sp³-hybridized carbons (Fsp3) is 0.476. The quantitative estimate of drug-likeness (QED) is 0.903. The molecule has 0 atom stereocenters. The Bertz CT molecular complexity index is 899. The second kappa shape index (κ2) is 6.30. The average molecular weight is 364 g/mol. The fourth-order valence-electron chi connectivity index (χ4n) is 3.75. The summed E-state index contributed by atoms with van der Waals surface area (Å²) in [5.41, 5.74) is 4.08. The normalized spacial score (nSPS) is 21.0. The SMILES string of the molecule is CC1(Oc2ccc3c(c2)C(c2cc(N4CCC(O)CC4)ncn2)=NC3)CC1. The number of aromatic nitrogens is 2. The summed E-state index contributed by atoms with van der Waals surface area (Å²) in [5.74, 6) is 1.81. The molecule has 27 heavy (non-hydrogen) atoms. The van der Waals surface area contributed by atoms with Crippen molar-refractivity contribution < 1.29 is 9.84 Å². The molecule has 0 radical (unpaired) electrons. The van der Waals surface area contributed by atoms with Gasteiger partial charge in [-0.2, -0.15) is 0 Å². The highest BCUT2D eigenvalue weighted by atomic mass is 16.5. The number of aliphatic hydroxyl groups excluding tert-OH is 1. The molecule has 1 aliphatic carbocycles. The number of hydrogen-bond acceptors (Lipinski definition) is 6. The molecule has 5 rings (SSSR count). The van der Waals surface area contributed by atoms with Crippen molar-refractivity contribution in [2.75, 3.05) is 18.0 Å². The number of aliphatic imine (C=N–C) groups is 1. The summed E-state index contributed by atoms with van der Waals surface area (Å²) < 4.78 is 6.13. The van der Waals surface area contributed by atoms with Crippen molar-refractivity contribution in [3.63, 3.8) is 0 Å². The summed E-state index contributed by atoms with van der Waals surface area (Å²) >= 11 is 0. The number of anilines is 1. The summed E-state index contributed by atoms with van der Waals surface area (Å²) in [5, 5.41) is 9.73. The molecule has 1 aromatic heterocycles. The Morgan fingerprint density at radius 3 is 2.74 bits per heavy atom. The van der Waals surface area contributed by atoms with E-state index in [1.165, 1.54) is 5.56 Å². The van der Waals surface area contributed by atoms with Gasteiger partial charge >= 0.3 is 0 Å². The lowest BCUT2D eigenvalue weighted by atomic mass is 10.0. The number of aliphatic hydroxyl groups is 1. The van der Waals surface area contributed by atoms with Crippen LogP contribution in [0.15, 0.2) is 35.6 Å². The second-order valence-electron chi connectivity index (χ2n) is 8.02. The van der Waals surface area contributed by atoms with Crippen LogP contribution >= 0.6 is 0 Å². The summed E-state index contributed by atoms with van der Waals surface area (Å²) in [6, 6.07) is 8.28. The van der Waals surface area contributed by atoms with Crippen LogP contribution in [-0.2, 0) is 6.54 Å². The van der Waals surface area contributed by atoms with E-state index < -0.39 is 0 Å². The van der Waals surface area contributed by atoms with Crippen molar-refractivity contribution in [3.8, 4) is 5.75 Å². The first-order valence-corrected chi connectivity index (χ1v) is 9.72. The van der Waals surface area contributed by atoms with Crippen molar-refractivity contribution in [2.24, 2.45) is 4.99 Å². The van der Waals surface area contributed by atoms with E-state index in [0.29, 0.717) is 6.54 Å². The Balaban J connectivity index is 1.42. The third kappa shape index (κ3) is 3.30. The molecule has 1 aromatic carbocycles. The maximum atomic E-state index is 9.73. The van der Waals surface area contributed by atoms with Crippen LogP contribution in [0.1, 0.15) is 49.4 Å². The van der Waals surface area contributed by atoms with Gasteiger partial charge < -0.3 is 14.7 Å². The zero-order chi connectivity index (χ0) is 18.4. The monoisotopic (exact) mass is 364 g/mol. The smallest absolute Gasteiger partial charge is 0.132 e. The number of ether oxygens (including phenoxy) is 1. The molecule has 2 aromatic rings. The highest BCUT2D eigenvalue weighted by Crippen LogP contribution is 2.40. The number of rotatable bonds is 4. The predicted molar refractivity (Wildman–Crippen MR) is 104 cm³/mol. The van der Waals surface area contributed by atoms with Crippen LogP contribution < -0.4 is 9.64 Å². The standard InChI is InChI=1S/C21H24N4O2/c1-21(6-7-21)27-16-3-2-14-12-22-20(17(14)10-16)18-11-19(24-13-23-18)25-8-4-15(26)5-9-25/h2-3,10-11,13,15,26H,4-9,12H2,1H3. The summed E-state index contributed by atoms with van der Waals surface area (Å²) in [7, 11) is 0. The van der Waals surface area contributed by atoms with E-state index in [4.69, 9.17) is 9.73 Å². The van der Waals surface area contributed by atoms with Crippen LogP contribution in [-0.4, -0.2) is 45.6 Å². The van der Waals surface area contributed by atoms with Gasteiger partial charge in [-0.25, -0.2) is 9.97 Å². The Kier molecular flexibility index (Phi) is 3.90. The van der Waals surface area contributed by atoms with Crippen LogP contribution in [0.5, 0.6) is 5.75 Å². The van der Waals surface area contributed by atoms with E-state index in [-0.39, 0.29) is 11.7 Å². The van der Waals surface area contributed by atoms with Crippen LogP contribution in [0.4, 0.5) is 5.82 Å². The van der Waals surface area contributed by atoms with Gasteiger partial charge in [-0.05, 0) is 50.3 Å². The molecule has 1 saturated heterocycles. The molecule has 2 aliphatic heterocycles. The molecule has 0 unspecified atom stereocenters. The summed E-state index contributed by atoms with van der Waals surface area (Å²) in [6.07, 6.45) is 5.21. The lowest BCUT2D eigenvalue weighted by Crippen LogP contribution is -2.36. The van der Waals surface area contributed by atoms with Gasteiger partial charge in [0.15, 0.2) is 0 Å². The van der Waals surface area contributed by atoms with Crippen LogP contribution in [0.25, 0.3) is 0 Å². The third-order valence-corrected chi connectivity index (χ3v) is 5.75. The maximum Gasteiger partial charge on any atom is 0.132 e. The van der Waals surface area contributed by atoms with Gasteiger partial charge in [0.05, 0.1) is 24.1 Å². The topological polar surface area (TPSA) is 70.8 Å². The van der Waals surface area contributed by atoms with Gasteiger partial charge in [-0.15, -0.1) is 0 Å². The molecular weight excluding hydrogens is 340 g/mol. The molecule has 6 nitrogen and oxygen atoms in total. The second-order valence-corrected chi connectivity index (χ2v) is 8.02. The van der Waals surface area contributed by atoms with E-state index >= 15 is 0 Å². The highest BCUT2D eigenvalue weighted by molar-refractivity contribution is 6.14. The minimum absolute atomic E-state index is 0.00502. The highest BCUT2D eigenvalue weighted by Gasteiger charge is 2.40. The molecule has 2 fully saturated rings. The zero-order valence-electron chi connectivity index (χ0n) is 15.6. The van der Waals surface area contributed by atoms with Gasteiger partial charge in [0.25, 0.3) is 0 Å². The molecule has 1 saturated carbocycles. The van der Waals surface area contributed by atoms with E-state index in [9.17, 15) is 5.11 Å². The number of piperidine rings is 1. The predicted octanol–water partition coefficient (Wildman–Crippen LogP) is 2.72. The number of benzene rings is 1. The van der Waals surface area contributed by atoms with Gasteiger partial charge in [-0.3, -0.25) is 4.99 Å². The molecule has 1 N–H and O–H groups in total. The number of hydrogen-bond donors (Lipinski definition) is 1. The van der Waals surface area contributed by atoms with E-state index in [1.807, 2.05) is 12.1 Å². The minimum atomic E-state index is -0.194. The molecule has 0 bridgehead atoms. The lowest BCUT2D eigenvalue weighted by Gasteiger charge is -2.30. The minimum Gasteiger partial charge on any atom is -0.488 e. The molecular formula is C21H24N4O2. The first-order chi connectivity index (χ1) is 13.1. The van der Waals surface area contributed by atoms with Crippen molar-refractivity contribution in [3.05, 3.63) is 47.4 Å². The summed E-state index contributed by atoms with van der Waals surface area (Å²) in [4.78, 5) is 15.9. The lowest BCUT2D eigenvalue weighted by molar-refractivity contribution is 0.145. The first kappa shape index (κ1) is 16.7. The van der Waals surface area contributed by atoms with E-state index in [1.54, 1.807) is 6.33 Å². The molecule has 0 amide bonds. The Hall–Kier alpha value is -2.47. The average Bonchev–Trinajstić information content (AvgIpc) is 3.25. The largest absolute Gasteiger partial charge is 0.488 e. The van der Waals surface area contributed by atoms with Crippen molar-refractivity contribution in [1.82, 2.24) is 9.97 Å². The van der Waals surface area contributed by atoms with Crippen molar-refractivity contribution >= 4 is 11.5 Å². The van der Waals surface area contributed by atoms with Crippen LogP contribution in [0.2, 0.25) is 0 Å². The van der Waals surface area contributed by atoms with Gasteiger partial charge in [0, 0.05) is 24.7 Å². The van der Waals surface area contributed by atoms with Gasteiger partial charge in [-0.1, -0.05) is 6.07 Å². The maximum absolute atomic E-state index is 9.73. The Morgan fingerprint density at radius 2 is 1.96 bits per heavy atom. The number of fused-ring (bicyclic) bond motifs is 1. The fourth-order valence-corrected chi connectivity index (χ4v) is 3.75. The zero-order valence-corrected chi connectivity index (χ0v) is 15.6. The van der Waals surface area contributed by atoms with Gasteiger partial charge in [0.2, 0.25) is 0 Å². The van der Waals surface area contributed by atoms with Gasteiger partial charge in [0.1, 0.15) is 23.5 Å². The Labute approximate surface area is 158 Å². The van der Waals surface area contributed by atoms with Crippen molar-refractivity contribution in [2.45, 2.75) is 50.9 Å². The molecule has 140 valence electrons. The van der Waals surface area contributed by atoms with E-state index in [2.05, 4.69) is 33.9 Å². The van der Waals surface area contributed by atoms with Crippen LogP contribution in [0.3, 0.4) is 0 Å².